The molecular formula is C29H32N2O2. The molecule has 0 N–H and O–H groups in total. The molecule has 1 atom stereocenters. The fourth-order valence-electron chi connectivity index (χ4n) is 5.63. The number of Topliss-reactive ketones (excluding diaryl/α,β-unsaturated/α-hetero) is 1. The van der Waals surface area contributed by atoms with E-state index in [9.17, 15) is 9.59 Å². The molecule has 0 saturated heterocycles. The molecule has 1 unspecified atom stereocenters. The lowest BCUT2D eigenvalue weighted by Gasteiger charge is -2.42. The third-order valence-electron chi connectivity index (χ3n) is 7.24. The van der Waals surface area contributed by atoms with Crippen LogP contribution in [0.1, 0.15) is 57.2 Å². The molecular weight excluding hydrogens is 408 g/mol. The van der Waals surface area contributed by atoms with Crippen molar-refractivity contribution in [1.82, 2.24) is 9.38 Å². The van der Waals surface area contributed by atoms with E-state index in [2.05, 4.69) is 41.6 Å². The summed E-state index contributed by atoms with van der Waals surface area (Å²) in [5, 5.41) is 0. The highest BCUT2D eigenvalue weighted by Gasteiger charge is 2.35. The average Bonchev–Trinajstić information content (AvgIpc) is 3.18. The number of aryl methyl sites for hydroxylation is 2. The number of rotatable bonds is 8. The minimum absolute atomic E-state index is 0.00540. The van der Waals surface area contributed by atoms with Crippen LogP contribution in [-0.2, 0) is 22.4 Å². The van der Waals surface area contributed by atoms with Crippen molar-refractivity contribution in [3.63, 3.8) is 0 Å². The molecule has 0 radical (unpaired) electrons. The zero-order valence-electron chi connectivity index (χ0n) is 19.6. The first-order valence-electron chi connectivity index (χ1n) is 12.2. The number of hydrogen-bond acceptors (Lipinski definition) is 3. The van der Waals surface area contributed by atoms with Gasteiger partial charge in [-0.05, 0) is 72.8 Å². The first-order valence-corrected chi connectivity index (χ1v) is 12.2. The van der Waals surface area contributed by atoms with E-state index in [1.165, 1.54) is 37.3 Å². The third kappa shape index (κ3) is 4.85. The van der Waals surface area contributed by atoms with Crippen LogP contribution in [0.4, 0.5) is 0 Å². The molecule has 2 aromatic heterocycles. The summed E-state index contributed by atoms with van der Waals surface area (Å²) in [6, 6.07) is 4.25. The topological polar surface area (TPSA) is 51.4 Å². The molecule has 0 spiro atoms. The van der Waals surface area contributed by atoms with E-state index in [0.29, 0.717) is 23.8 Å². The van der Waals surface area contributed by atoms with E-state index in [1.807, 2.05) is 36.6 Å². The Morgan fingerprint density at radius 1 is 1.12 bits per heavy atom. The van der Waals surface area contributed by atoms with E-state index in [-0.39, 0.29) is 17.5 Å². The number of pyridine rings is 1. The van der Waals surface area contributed by atoms with Crippen molar-refractivity contribution in [2.45, 2.75) is 58.8 Å². The van der Waals surface area contributed by atoms with E-state index in [0.717, 1.165) is 29.3 Å². The van der Waals surface area contributed by atoms with E-state index < -0.39 is 0 Å². The van der Waals surface area contributed by atoms with E-state index in [4.69, 9.17) is 0 Å². The predicted octanol–water partition coefficient (Wildman–Crippen LogP) is 5.77. The first kappa shape index (κ1) is 21.8. The molecule has 5 rings (SSSR count). The minimum Gasteiger partial charge on any atom is -0.307 e. The maximum Gasteiger partial charge on any atom is 0.167 e. The average molecular weight is 441 g/mol. The van der Waals surface area contributed by atoms with Crippen molar-refractivity contribution in [2.24, 2.45) is 17.3 Å². The van der Waals surface area contributed by atoms with E-state index >= 15 is 0 Å². The molecule has 0 bridgehead atoms. The van der Waals surface area contributed by atoms with Crippen molar-refractivity contribution in [2.75, 3.05) is 0 Å². The second-order valence-corrected chi connectivity index (χ2v) is 10.7. The molecule has 3 aliphatic rings. The highest BCUT2D eigenvalue weighted by Crippen LogP contribution is 2.46. The molecule has 0 aromatic carbocycles. The first-order chi connectivity index (χ1) is 15.9. The van der Waals surface area contributed by atoms with Gasteiger partial charge in [0.25, 0.3) is 0 Å². The molecule has 3 aliphatic carbocycles. The zero-order valence-corrected chi connectivity index (χ0v) is 19.6. The Hall–Kier alpha value is -3.01. The van der Waals surface area contributed by atoms with E-state index in [1.54, 1.807) is 0 Å². The number of nitrogens with zero attached hydrogens (tertiary/aromatic N) is 2. The van der Waals surface area contributed by atoms with Gasteiger partial charge in [0.15, 0.2) is 11.6 Å². The summed E-state index contributed by atoms with van der Waals surface area (Å²) in [7, 11) is 0. The quantitative estimate of drug-likeness (QED) is 0.523. The number of fused-ring (bicyclic) bond motifs is 2. The largest absolute Gasteiger partial charge is 0.307 e. The Bertz CT molecular complexity index is 1210. The molecule has 33 heavy (non-hydrogen) atoms. The minimum atomic E-state index is -0.236. The van der Waals surface area contributed by atoms with Crippen LogP contribution in [-0.4, -0.2) is 21.0 Å². The summed E-state index contributed by atoms with van der Waals surface area (Å²) in [5.41, 5.74) is 5.12. The lowest BCUT2D eigenvalue weighted by atomic mass is 9.63. The molecule has 1 saturated carbocycles. The molecule has 0 aliphatic heterocycles. The van der Waals surface area contributed by atoms with Crippen LogP contribution in [0.2, 0.25) is 0 Å². The smallest absolute Gasteiger partial charge is 0.167 e. The standard InChI is InChI=1S/C29H32N2O2/c1-29(2)16-21(17-29)7-5-6-20-10-13-28-30-24(19-31(28)18-20)11-12-26(32)23-14-22-8-3-4-9-25(22)27(33)15-23/h3-4,8-10,13-15,18-19,21,25H,5-7,11-12,16-17H2,1-2H3. The van der Waals surface area contributed by atoms with Crippen LogP contribution in [0.3, 0.4) is 0 Å². The highest BCUT2D eigenvalue weighted by atomic mass is 16.1. The van der Waals surface area contributed by atoms with Crippen molar-refractivity contribution in [3.05, 3.63) is 83.4 Å². The molecule has 2 heterocycles. The van der Waals surface area contributed by atoms with Gasteiger partial charge in [0.05, 0.1) is 11.6 Å². The van der Waals surface area contributed by atoms with Crippen LogP contribution in [0, 0.1) is 17.3 Å². The maximum absolute atomic E-state index is 12.8. The molecule has 170 valence electrons. The predicted molar refractivity (Wildman–Crippen MR) is 131 cm³/mol. The molecule has 4 heteroatoms. The molecule has 2 aromatic rings. The SMILES string of the molecule is CC1(C)CC(CCCc2ccc3nc(CCC(=O)C4=CC(=O)C5C=CC=CC5=C4)cn3c2)C1. The highest BCUT2D eigenvalue weighted by molar-refractivity contribution is 6.09. The molecule has 0 amide bonds. The Labute approximate surface area is 195 Å². The van der Waals surface area contributed by atoms with Crippen LogP contribution < -0.4 is 0 Å². The second-order valence-electron chi connectivity index (χ2n) is 10.7. The zero-order chi connectivity index (χ0) is 23.0. The Morgan fingerprint density at radius 3 is 2.79 bits per heavy atom. The summed E-state index contributed by atoms with van der Waals surface area (Å²) in [6.07, 6.45) is 22.4. The third-order valence-corrected chi connectivity index (χ3v) is 7.24. The van der Waals surface area contributed by atoms with Crippen LogP contribution in [0.15, 0.2) is 72.1 Å². The Morgan fingerprint density at radius 2 is 1.97 bits per heavy atom. The normalized spacial score (nSPS) is 21.5. The summed E-state index contributed by atoms with van der Waals surface area (Å²) >= 11 is 0. The number of carbonyl (C=O) groups excluding carboxylic acids is 2. The lowest BCUT2D eigenvalue weighted by molar-refractivity contribution is -0.118. The van der Waals surface area contributed by atoms with Crippen LogP contribution >= 0.6 is 0 Å². The van der Waals surface area contributed by atoms with Gasteiger partial charge in [-0.15, -0.1) is 0 Å². The van der Waals surface area contributed by atoms with Gasteiger partial charge in [0, 0.05) is 24.4 Å². The number of ketones is 2. The summed E-state index contributed by atoms with van der Waals surface area (Å²) in [6.45, 7) is 4.73. The van der Waals surface area contributed by atoms with Crippen molar-refractivity contribution in [3.8, 4) is 0 Å². The van der Waals surface area contributed by atoms with Gasteiger partial charge in [0.2, 0.25) is 0 Å². The number of hydrogen-bond donors (Lipinski definition) is 0. The monoisotopic (exact) mass is 440 g/mol. The van der Waals surface area contributed by atoms with Gasteiger partial charge in [-0.2, -0.15) is 0 Å². The molecule has 4 nitrogen and oxygen atoms in total. The number of aromatic nitrogens is 2. The fraction of sp³-hybridized carbons (Fsp3) is 0.414. The van der Waals surface area contributed by atoms with Crippen LogP contribution in [0.25, 0.3) is 5.65 Å². The Kier molecular flexibility index (Phi) is 5.77. The summed E-state index contributed by atoms with van der Waals surface area (Å²) in [4.78, 5) is 29.8. The van der Waals surface area contributed by atoms with Crippen molar-refractivity contribution >= 4 is 17.2 Å². The van der Waals surface area contributed by atoms with Gasteiger partial charge in [0.1, 0.15) is 5.65 Å². The molecule has 1 fully saturated rings. The van der Waals surface area contributed by atoms with Gasteiger partial charge in [-0.3, -0.25) is 9.59 Å². The fourth-order valence-corrected chi connectivity index (χ4v) is 5.63. The van der Waals surface area contributed by atoms with Gasteiger partial charge in [-0.1, -0.05) is 50.6 Å². The lowest BCUT2D eigenvalue weighted by Crippen LogP contribution is -2.31. The summed E-state index contributed by atoms with van der Waals surface area (Å²) < 4.78 is 2.08. The van der Waals surface area contributed by atoms with Crippen molar-refractivity contribution < 1.29 is 9.59 Å². The van der Waals surface area contributed by atoms with Gasteiger partial charge >= 0.3 is 0 Å². The van der Waals surface area contributed by atoms with Crippen LogP contribution in [0.5, 0.6) is 0 Å². The maximum atomic E-state index is 12.8. The van der Waals surface area contributed by atoms with Crippen molar-refractivity contribution in [1.29, 1.82) is 0 Å². The second kappa shape index (κ2) is 8.74. The van der Waals surface area contributed by atoms with Gasteiger partial charge in [-0.25, -0.2) is 4.98 Å². The summed E-state index contributed by atoms with van der Waals surface area (Å²) in [5.74, 6) is 0.648. The number of imidazole rings is 1. The number of allylic oxidation sites excluding steroid dienone is 8. The Balaban J connectivity index is 1.16. The van der Waals surface area contributed by atoms with Gasteiger partial charge < -0.3 is 4.40 Å². The number of carbonyl (C=O) groups is 2.